The minimum absolute atomic E-state index is 0.0747. The molecule has 1 aliphatic rings. The lowest BCUT2D eigenvalue weighted by Crippen LogP contribution is -2.29. The van der Waals surface area contributed by atoms with E-state index in [1.807, 2.05) is 42.5 Å². The molecule has 0 heterocycles. The van der Waals surface area contributed by atoms with E-state index in [4.69, 9.17) is 16.9 Å². The number of nitriles is 1. The Bertz CT molecular complexity index is 1290. The van der Waals surface area contributed by atoms with Crippen LogP contribution in [-0.4, -0.2) is 16.7 Å². The first kappa shape index (κ1) is 22.7. The van der Waals surface area contributed by atoms with Crippen LogP contribution in [0.1, 0.15) is 52.1 Å². The number of hydrogen-bond donors (Lipinski definition) is 1. The highest BCUT2D eigenvalue weighted by Crippen LogP contribution is 2.42. The zero-order valence-corrected chi connectivity index (χ0v) is 18.8. The molecule has 4 rings (SSSR count). The van der Waals surface area contributed by atoms with E-state index in [0.717, 1.165) is 22.3 Å². The van der Waals surface area contributed by atoms with Crippen molar-refractivity contribution in [2.45, 2.75) is 25.9 Å². The van der Waals surface area contributed by atoms with Crippen LogP contribution in [0.3, 0.4) is 0 Å². The molecule has 2 unspecified atom stereocenters. The highest BCUT2D eigenvalue weighted by atomic mass is 35.5. The summed E-state index contributed by atoms with van der Waals surface area (Å²) in [5.41, 5.74) is 4.81. The average Bonchev–Trinajstić information content (AvgIpc) is 2.86. The van der Waals surface area contributed by atoms with Crippen LogP contribution >= 0.6 is 11.6 Å². The van der Waals surface area contributed by atoms with Gasteiger partial charge in [-0.05, 0) is 46.4 Å². The van der Waals surface area contributed by atoms with E-state index in [2.05, 4.69) is 0 Å². The second-order valence-electron chi connectivity index (χ2n) is 8.01. The molecule has 0 aliphatic heterocycles. The second-order valence-corrected chi connectivity index (χ2v) is 8.44. The molecule has 33 heavy (non-hydrogen) atoms. The van der Waals surface area contributed by atoms with Crippen LogP contribution < -0.4 is 0 Å². The van der Waals surface area contributed by atoms with Crippen molar-refractivity contribution in [2.24, 2.45) is 5.92 Å². The molecule has 1 aliphatic carbocycles. The number of nitrogens with zero attached hydrogens (tertiary/aromatic N) is 1. The van der Waals surface area contributed by atoms with Gasteiger partial charge in [-0.15, -0.1) is 0 Å². The molecule has 0 amide bonds. The Balaban J connectivity index is 1.89. The number of rotatable bonds is 6. The fourth-order valence-corrected chi connectivity index (χ4v) is 4.54. The van der Waals surface area contributed by atoms with Gasteiger partial charge in [-0.1, -0.05) is 79.2 Å². The first-order chi connectivity index (χ1) is 15.9. The summed E-state index contributed by atoms with van der Waals surface area (Å²) in [6.07, 6.45) is -0.577. The van der Waals surface area contributed by atoms with Crippen LogP contribution in [0.2, 0.25) is 5.02 Å². The Morgan fingerprint density at radius 1 is 1.09 bits per heavy atom. The zero-order valence-electron chi connectivity index (χ0n) is 18.1. The molecule has 0 aromatic heterocycles. The Kier molecular flexibility index (Phi) is 6.55. The van der Waals surface area contributed by atoms with Crippen molar-refractivity contribution < 1.29 is 14.7 Å². The van der Waals surface area contributed by atoms with Crippen molar-refractivity contribution in [1.29, 1.82) is 5.26 Å². The number of aliphatic hydroxyl groups is 1. The number of hydrogen-bond acceptors (Lipinski definition) is 4. The van der Waals surface area contributed by atoms with Gasteiger partial charge in [0.15, 0.2) is 17.7 Å². The van der Waals surface area contributed by atoms with Gasteiger partial charge in [0.05, 0.1) is 12.0 Å². The molecule has 0 radical (unpaired) electrons. The van der Waals surface area contributed by atoms with Crippen LogP contribution in [0.4, 0.5) is 0 Å². The molecule has 0 saturated heterocycles. The number of ketones is 2. The maximum Gasteiger partial charge on any atom is 0.170 e. The fourth-order valence-electron chi connectivity index (χ4n) is 4.37. The molecular weight excluding hydrogens is 434 g/mol. The Morgan fingerprint density at radius 3 is 2.42 bits per heavy atom. The van der Waals surface area contributed by atoms with Crippen molar-refractivity contribution >= 4 is 28.7 Å². The van der Waals surface area contributed by atoms with Crippen molar-refractivity contribution in [3.05, 3.63) is 111 Å². The molecular formula is C28H22ClNO3. The second kappa shape index (κ2) is 9.54. The summed E-state index contributed by atoms with van der Waals surface area (Å²) in [7, 11) is 0. The van der Waals surface area contributed by atoms with Crippen molar-refractivity contribution in [2.75, 3.05) is 0 Å². The minimum Gasteiger partial charge on any atom is -0.374 e. The Morgan fingerprint density at radius 2 is 1.79 bits per heavy atom. The molecule has 1 N–H and O–H groups in total. The fraction of sp³-hybridized carbons (Fsp3) is 0.179. The first-order valence-electron chi connectivity index (χ1n) is 10.8. The summed E-state index contributed by atoms with van der Waals surface area (Å²) < 4.78 is 0. The van der Waals surface area contributed by atoms with Crippen molar-refractivity contribution in [3.63, 3.8) is 0 Å². The van der Waals surface area contributed by atoms with Gasteiger partial charge in [0.1, 0.15) is 0 Å². The average molecular weight is 456 g/mol. The Labute approximate surface area is 197 Å². The van der Waals surface area contributed by atoms with Gasteiger partial charge in [0.2, 0.25) is 0 Å². The summed E-state index contributed by atoms with van der Waals surface area (Å²) in [6, 6.07) is 23.3. The summed E-state index contributed by atoms with van der Waals surface area (Å²) in [5, 5.41) is 19.2. The SMILES string of the molecule is CCC(=O)C1=C(c2ccccc2)c2cc(Cl)ccc2CC1C(=O)c1ccc(C(O)C#N)cc1. The quantitative estimate of drug-likeness (QED) is 0.380. The van der Waals surface area contributed by atoms with Gasteiger partial charge in [-0.25, -0.2) is 0 Å². The first-order valence-corrected chi connectivity index (χ1v) is 11.2. The molecule has 164 valence electrons. The number of carbonyl (C=O) groups excluding carboxylic acids is 2. The van der Waals surface area contributed by atoms with E-state index in [1.54, 1.807) is 43.3 Å². The summed E-state index contributed by atoms with van der Waals surface area (Å²) in [5.74, 6) is -0.888. The van der Waals surface area contributed by atoms with Crippen molar-refractivity contribution in [1.82, 2.24) is 0 Å². The van der Waals surface area contributed by atoms with Crippen LogP contribution in [-0.2, 0) is 11.2 Å². The minimum atomic E-state index is -1.25. The number of aliphatic hydroxyl groups excluding tert-OH is 1. The third-order valence-corrected chi connectivity index (χ3v) is 6.25. The number of benzene rings is 3. The number of halogens is 1. The highest BCUT2D eigenvalue weighted by Gasteiger charge is 2.36. The van der Waals surface area contributed by atoms with Crippen LogP contribution in [0.15, 0.2) is 78.4 Å². The number of carbonyl (C=O) groups is 2. The lowest BCUT2D eigenvalue weighted by Gasteiger charge is -2.30. The molecule has 4 nitrogen and oxygen atoms in total. The summed E-state index contributed by atoms with van der Waals surface area (Å²) >= 11 is 6.32. The molecule has 0 spiro atoms. The topological polar surface area (TPSA) is 78.2 Å². The van der Waals surface area contributed by atoms with E-state index >= 15 is 0 Å². The van der Waals surface area contributed by atoms with E-state index in [9.17, 15) is 14.7 Å². The third kappa shape index (κ3) is 4.39. The zero-order chi connectivity index (χ0) is 23.5. The number of Topliss-reactive ketones (excluding diaryl/α,β-unsaturated/α-hetero) is 2. The normalized spacial score (nSPS) is 16.0. The lowest BCUT2D eigenvalue weighted by molar-refractivity contribution is -0.115. The van der Waals surface area contributed by atoms with Gasteiger partial charge >= 0.3 is 0 Å². The van der Waals surface area contributed by atoms with Crippen LogP contribution in [0.25, 0.3) is 5.57 Å². The molecule has 0 fully saturated rings. The molecule has 0 bridgehead atoms. The van der Waals surface area contributed by atoms with E-state index in [0.29, 0.717) is 28.1 Å². The Hall–Kier alpha value is -3.52. The highest BCUT2D eigenvalue weighted by molar-refractivity contribution is 6.31. The van der Waals surface area contributed by atoms with Crippen LogP contribution in [0.5, 0.6) is 0 Å². The predicted molar refractivity (Wildman–Crippen MR) is 128 cm³/mol. The van der Waals surface area contributed by atoms with Crippen LogP contribution in [0, 0.1) is 17.2 Å². The summed E-state index contributed by atoms with van der Waals surface area (Å²) in [4.78, 5) is 27.0. The van der Waals surface area contributed by atoms with E-state index in [-0.39, 0.29) is 18.0 Å². The molecule has 2 atom stereocenters. The molecule has 0 saturated carbocycles. The number of allylic oxidation sites excluding steroid dienone is 1. The molecule has 3 aromatic rings. The van der Waals surface area contributed by atoms with Gasteiger partial charge in [-0.3, -0.25) is 9.59 Å². The molecule has 5 heteroatoms. The van der Waals surface area contributed by atoms with Gasteiger partial charge in [0.25, 0.3) is 0 Å². The smallest absolute Gasteiger partial charge is 0.170 e. The molecule has 3 aromatic carbocycles. The lowest BCUT2D eigenvalue weighted by atomic mass is 9.72. The maximum atomic E-state index is 13.7. The number of fused-ring (bicyclic) bond motifs is 1. The maximum absolute atomic E-state index is 13.7. The van der Waals surface area contributed by atoms with Gasteiger partial charge in [0, 0.05) is 22.6 Å². The summed E-state index contributed by atoms with van der Waals surface area (Å²) in [6.45, 7) is 1.80. The third-order valence-electron chi connectivity index (χ3n) is 6.02. The van der Waals surface area contributed by atoms with E-state index in [1.165, 1.54) is 0 Å². The van der Waals surface area contributed by atoms with E-state index < -0.39 is 12.0 Å². The monoisotopic (exact) mass is 455 g/mol. The standard InChI is InChI=1S/C28H22ClNO3/c1-2-24(31)27-23(28(33)19-10-8-17(9-11-19)25(32)16-30)14-20-12-13-21(29)15-22(20)26(27)18-6-4-3-5-7-18/h3-13,15,23,25,32H,2,14H2,1H3. The largest absolute Gasteiger partial charge is 0.374 e. The predicted octanol–water partition coefficient (Wildman–Crippen LogP) is 5.73. The van der Waals surface area contributed by atoms with Gasteiger partial charge in [-0.2, -0.15) is 5.26 Å². The van der Waals surface area contributed by atoms with Gasteiger partial charge < -0.3 is 5.11 Å². The van der Waals surface area contributed by atoms with Crippen molar-refractivity contribution in [3.8, 4) is 6.07 Å².